The summed E-state index contributed by atoms with van der Waals surface area (Å²) in [5.41, 5.74) is 7.49. The molecule has 0 aromatic heterocycles. The van der Waals surface area contributed by atoms with Gasteiger partial charge in [0.2, 0.25) is 10.0 Å². The number of nitrogens with zero attached hydrogens (tertiary/aromatic N) is 2. The summed E-state index contributed by atoms with van der Waals surface area (Å²) in [6.45, 7) is 0.897. The van der Waals surface area contributed by atoms with Gasteiger partial charge in [0.25, 0.3) is 0 Å². The third-order valence-electron chi connectivity index (χ3n) is 4.49. The van der Waals surface area contributed by atoms with Crippen LogP contribution in [0.1, 0.15) is 19.3 Å². The van der Waals surface area contributed by atoms with E-state index >= 15 is 0 Å². The van der Waals surface area contributed by atoms with Crippen molar-refractivity contribution >= 4 is 32.8 Å². The fraction of sp³-hybridized carbons (Fsp3) is 0.538. The van der Waals surface area contributed by atoms with Gasteiger partial charge < -0.3 is 0 Å². The highest BCUT2D eigenvalue weighted by molar-refractivity contribution is 7.89. The van der Waals surface area contributed by atoms with Gasteiger partial charge >= 0.3 is 0 Å². The summed E-state index contributed by atoms with van der Waals surface area (Å²) in [6.07, 6.45) is 2.68. The van der Waals surface area contributed by atoms with Crippen LogP contribution in [0.15, 0.2) is 31.8 Å². The maximum atomic E-state index is 12.7. The predicted molar refractivity (Wildman–Crippen MR) is 84.4 cm³/mol. The summed E-state index contributed by atoms with van der Waals surface area (Å²) in [7, 11) is -3.57. The minimum absolute atomic E-state index is 0.0187. The van der Waals surface area contributed by atoms with Gasteiger partial charge in [0.1, 0.15) is 16.3 Å². The number of nitrogens with one attached hydrogen (secondary N) is 3. The smallest absolute Gasteiger partial charge is 0.243 e. The lowest BCUT2D eigenvalue weighted by molar-refractivity contribution is 0.290. The molecule has 1 saturated carbocycles. The molecule has 3 unspecified atom stereocenters. The molecule has 0 amide bonds. The molecule has 1 saturated heterocycles. The molecular formula is C13H17N5O2S2. The second-order valence-corrected chi connectivity index (χ2v) is 8.12. The molecule has 2 heterocycles. The van der Waals surface area contributed by atoms with E-state index in [0.29, 0.717) is 23.3 Å². The molecule has 0 bridgehead atoms. The summed E-state index contributed by atoms with van der Waals surface area (Å²) in [6, 6.07) is 5.52. The predicted octanol–water partition coefficient (Wildman–Crippen LogP) is 1.34. The lowest BCUT2D eigenvalue weighted by Gasteiger charge is -2.31. The van der Waals surface area contributed by atoms with Gasteiger partial charge in [0.05, 0.1) is 11.4 Å². The van der Waals surface area contributed by atoms with Crippen molar-refractivity contribution in [3.05, 3.63) is 18.2 Å². The molecule has 3 N–H and O–H groups in total. The van der Waals surface area contributed by atoms with E-state index in [1.165, 1.54) is 0 Å². The Labute approximate surface area is 132 Å². The van der Waals surface area contributed by atoms with Crippen LogP contribution in [0.25, 0.3) is 0 Å². The van der Waals surface area contributed by atoms with Gasteiger partial charge in [-0.25, -0.2) is 13.1 Å². The van der Waals surface area contributed by atoms with Crippen molar-refractivity contribution in [1.82, 2.24) is 15.6 Å². The van der Waals surface area contributed by atoms with Gasteiger partial charge in [-0.2, -0.15) is 8.73 Å². The highest BCUT2D eigenvalue weighted by Gasteiger charge is 2.36. The molecular weight excluding hydrogens is 322 g/mol. The molecule has 22 heavy (non-hydrogen) atoms. The Balaban J connectivity index is 1.55. The van der Waals surface area contributed by atoms with Crippen LogP contribution in [0.2, 0.25) is 0 Å². The standard InChI is InChI=1S/C13H17N5O2S2/c19-22(20,12-3-1-2-11-13(12)17-21-16-11)18-9-4-5-10-8(6-9)7-14-15-10/h1-3,8-10,14-15,18H,4-7H2. The SMILES string of the molecule is O=S(=O)(NC1CCC2NNCC2C1)c1cccc2c1N=S=N2. The zero-order valence-electron chi connectivity index (χ0n) is 11.8. The zero-order chi connectivity index (χ0) is 15.2. The molecule has 1 aromatic rings. The first-order valence-corrected chi connectivity index (χ1v) is 9.57. The average Bonchev–Trinajstić information content (AvgIpc) is 3.14. The Morgan fingerprint density at radius 2 is 2.18 bits per heavy atom. The van der Waals surface area contributed by atoms with E-state index in [1.54, 1.807) is 18.2 Å². The Bertz CT molecular complexity index is 773. The minimum Gasteiger partial charge on any atom is -0.257 e. The lowest BCUT2D eigenvalue weighted by Crippen LogP contribution is -2.44. The highest BCUT2D eigenvalue weighted by atomic mass is 32.2. The number of fused-ring (bicyclic) bond motifs is 2. The van der Waals surface area contributed by atoms with Crippen LogP contribution >= 0.6 is 0 Å². The molecule has 2 fully saturated rings. The van der Waals surface area contributed by atoms with Crippen molar-refractivity contribution in [3.63, 3.8) is 0 Å². The quantitative estimate of drug-likeness (QED) is 0.786. The van der Waals surface area contributed by atoms with Gasteiger partial charge in [-0.3, -0.25) is 10.9 Å². The number of benzene rings is 1. The van der Waals surface area contributed by atoms with E-state index in [2.05, 4.69) is 24.3 Å². The number of rotatable bonds is 3. The Morgan fingerprint density at radius 1 is 1.27 bits per heavy atom. The van der Waals surface area contributed by atoms with Gasteiger partial charge in [0.15, 0.2) is 0 Å². The average molecular weight is 339 g/mol. The largest absolute Gasteiger partial charge is 0.257 e. The van der Waals surface area contributed by atoms with Crippen LogP contribution in [-0.4, -0.2) is 27.0 Å². The molecule has 118 valence electrons. The molecule has 3 atom stereocenters. The van der Waals surface area contributed by atoms with Crippen molar-refractivity contribution in [2.45, 2.75) is 36.2 Å². The summed E-state index contributed by atoms with van der Waals surface area (Å²) >= 11 is 1.03. The summed E-state index contributed by atoms with van der Waals surface area (Å²) in [5.74, 6) is 0.484. The number of hydrazine groups is 1. The van der Waals surface area contributed by atoms with Gasteiger partial charge in [0, 0.05) is 18.6 Å². The van der Waals surface area contributed by atoms with Crippen LogP contribution in [-0.2, 0) is 21.4 Å². The van der Waals surface area contributed by atoms with Crippen molar-refractivity contribution in [1.29, 1.82) is 0 Å². The van der Waals surface area contributed by atoms with Crippen LogP contribution < -0.4 is 15.6 Å². The Kier molecular flexibility index (Phi) is 3.61. The molecule has 0 radical (unpaired) electrons. The fourth-order valence-corrected chi connectivity index (χ4v) is 5.44. The van der Waals surface area contributed by atoms with Crippen LogP contribution in [0.3, 0.4) is 0 Å². The van der Waals surface area contributed by atoms with E-state index in [0.717, 1.165) is 37.2 Å². The fourth-order valence-electron chi connectivity index (χ4n) is 3.39. The first-order chi connectivity index (χ1) is 10.6. The Morgan fingerprint density at radius 3 is 3.09 bits per heavy atom. The van der Waals surface area contributed by atoms with E-state index in [-0.39, 0.29) is 10.9 Å². The number of hydrogen-bond acceptors (Lipinski definition) is 6. The Hall–Kier alpha value is -1.13. The van der Waals surface area contributed by atoms with Crippen LogP contribution in [0, 0.1) is 5.92 Å². The topological polar surface area (TPSA) is 95.0 Å². The summed E-state index contributed by atoms with van der Waals surface area (Å²) in [5, 5.41) is 0. The van der Waals surface area contributed by atoms with Gasteiger partial charge in [-0.15, -0.1) is 0 Å². The number of hydrogen-bond donors (Lipinski definition) is 3. The second-order valence-electron chi connectivity index (χ2n) is 5.91. The summed E-state index contributed by atoms with van der Waals surface area (Å²) < 4.78 is 36.5. The molecule has 4 rings (SSSR count). The first kappa shape index (κ1) is 14.5. The van der Waals surface area contributed by atoms with Crippen molar-refractivity contribution in [3.8, 4) is 0 Å². The van der Waals surface area contributed by atoms with Crippen molar-refractivity contribution in [2.24, 2.45) is 14.6 Å². The van der Waals surface area contributed by atoms with Gasteiger partial charge in [-0.1, -0.05) is 6.07 Å². The lowest BCUT2D eigenvalue weighted by atomic mass is 9.83. The monoisotopic (exact) mass is 339 g/mol. The minimum atomic E-state index is -3.57. The second kappa shape index (κ2) is 5.50. The molecule has 1 aliphatic carbocycles. The van der Waals surface area contributed by atoms with E-state index in [4.69, 9.17) is 0 Å². The van der Waals surface area contributed by atoms with Crippen LogP contribution in [0.4, 0.5) is 11.4 Å². The highest BCUT2D eigenvalue weighted by Crippen LogP contribution is 2.37. The molecule has 1 aromatic carbocycles. The van der Waals surface area contributed by atoms with E-state index < -0.39 is 10.0 Å². The molecule has 2 aliphatic heterocycles. The third kappa shape index (κ3) is 2.52. The van der Waals surface area contributed by atoms with Crippen molar-refractivity contribution < 1.29 is 8.42 Å². The normalized spacial score (nSPS) is 29.9. The molecule has 9 heteroatoms. The third-order valence-corrected chi connectivity index (χ3v) is 6.59. The van der Waals surface area contributed by atoms with Crippen LogP contribution in [0.5, 0.6) is 0 Å². The maximum absolute atomic E-state index is 12.7. The van der Waals surface area contributed by atoms with Gasteiger partial charge in [-0.05, 0) is 37.3 Å². The van der Waals surface area contributed by atoms with E-state index in [1.807, 2.05) is 0 Å². The molecule has 7 nitrogen and oxygen atoms in total. The summed E-state index contributed by atoms with van der Waals surface area (Å²) in [4.78, 5) is 0.226. The molecule has 0 spiro atoms. The first-order valence-electron chi connectivity index (χ1n) is 7.35. The molecule has 3 aliphatic rings. The van der Waals surface area contributed by atoms with E-state index in [9.17, 15) is 8.42 Å². The number of sulfonamides is 1. The zero-order valence-corrected chi connectivity index (χ0v) is 13.5. The maximum Gasteiger partial charge on any atom is 0.243 e. The van der Waals surface area contributed by atoms with Crippen molar-refractivity contribution in [2.75, 3.05) is 6.54 Å².